The smallest absolute Gasteiger partial charge is 0.230 e. The highest BCUT2D eigenvalue weighted by Crippen LogP contribution is 2.21. The highest BCUT2D eigenvalue weighted by molar-refractivity contribution is 8.00. The van der Waals surface area contributed by atoms with Gasteiger partial charge < -0.3 is 11.1 Å². The van der Waals surface area contributed by atoms with E-state index in [1.54, 1.807) is 0 Å². The van der Waals surface area contributed by atoms with Crippen LogP contribution in [-0.2, 0) is 4.79 Å². The van der Waals surface area contributed by atoms with E-state index in [2.05, 4.69) is 5.32 Å². The predicted octanol–water partition coefficient (Wildman–Crippen LogP) is 2.55. The van der Waals surface area contributed by atoms with Crippen LogP contribution in [0.5, 0.6) is 0 Å². The van der Waals surface area contributed by atoms with Gasteiger partial charge in [-0.2, -0.15) is 0 Å². The van der Waals surface area contributed by atoms with Gasteiger partial charge in [0, 0.05) is 11.4 Å². The second kappa shape index (κ2) is 7.04. The first-order chi connectivity index (χ1) is 9.28. The Kier molecular flexibility index (Phi) is 5.95. The number of nitrogens with two attached hydrogens (primary N) is 1. The Bertz CT molecular complexity index is 482. The largest absolute Gasteiger partial charge is 0.349 e. The van der Waals surface area contributed by atoms with E-state index in [-0.39, 0.29) is 17.6 Å². The summed E-state index contributed by atoms with van der Waals surface area (Å²) in [6.45, 7) is 6.19. The van der Waals surface area contributed by atoms with Crippen molar-refractivity contribution in [1.82, 2.24) is 5.32 Å². The van der Waals surface area contributed by atoms with Crippen LogP contribution in [0.25, 0.3) is 0 Å². The van der Waals surface area contributed by atoms with Gasteiger partial charge in [0.15, 0.2) is 11.6 Å². The lowest BCUT2D eigenvalue weighted by Crippen LogP contribution is -2.55. The van der Waals surface area contributed by atoms with Gasteiger partial charge in [-0.3, -0.25) is 4.79 Å². The number of hydrogen-bond acceptors (Lipinski definition) is 3. The predicted molar refractivity (Wildman–Crippen MR) is 77.5 cm³/mol. The van der Waals surface area contributed by atoms with Crippen molar-refractivity contribution in [2.24, 2.45) is 11.7 Å². The number of benzene rings is 1. The molecule has 1 rings (SSSR count). The van der Waals surface area contributed by atoms with Crippen molar-refractivity contribution in [3.8, 4) is 0 Å². The Hall–Kier alpha value is -1.14. The van der Waals surface area contributed by atoms with Gasteiger partial charge in [-0.1, -0.05) is 13.8 Å². The van der Waals surface area contributed by atoms with E-state index in [1.165, 1.54) is 6.07 Å². The minimum absolute atomic E-state index is 0.132. The highest BCUT2D eigenvalue weighted by atomic mass is 32.2. The molecule has 1 aromatic carbocycles. The SMILES string of the molecule is CC(C)C(C)(CN)NC(=O)CSc1ccc(F)c(F)c1. The number of carbonyl (C=O) groups is 1. The Balaban J connectivity index is 2.57. The number of carbonyl (C=O) groups excluding carboxylic acids is 1. The molecule has 3 nitrogen and oxygen atoms in total. The lowest BCUT2D eigenvalue weighted by atomic mass is 9.88. The van der Waals surface area contributed by atoms with E-state index in [9.17, 15) is 13.6 Å². The third-order valence-corrected chi connectivity index (χ3v) is 4.38. The maximum Gasteiger partial charge on any atom is 0.230 e. The molecule has 20 heavy (non-hydrogen) atoms. The third-order valence-electron chi connectivity index (χ3n) is 3.38. The molecule has 0 fully saturated rings. The fraction of sp³-hybridized carbons (Fsp3) is 0.500. The first-order valence-electron chi connectivity index (χ1n) is 6.37. The summed E-state index contributed by atoms with van der Waals surface area (Å²) in [4.78, 5) is 12.4. The minimum atomic E-state index is -0.913. The summed E-state index contributed by atoms with van der Waals surface area (Å²) in [5.74, 6) is -1.65. The zero-order chi connectivity index (χ0) is 15.3. The summed E-state index contributed by atoms with van der Waals surface area (Å²) >= 11 is 1.15. The van der Waals surface area contributed by atoms with Crippen molar-refractivity contribution in [2.45, 2.75) is 31.2 Å². The molecular formula is C14H20F2N2OS. The summed E-state index contributed by atoms with van der Waals surface area (Å²) in [6, 6.07) is 3.58. The zero-order valence-electron chi connectivity index (χ0n) is 11.9. The monoisotopic (exact) mass is 302 g/mol. The van der Waals surface area contributed by atoms with Crippen molar-refractivity contribution in [2.75, 3.05) is 12.3 Å². The van der Waals surface area contributed by atoms with Gasteiger partial charge in [0.05, 0.1) is 11.3 Å². The van der Waals surface area contributed by atoms with Crippen LogP contribution < -0.4 is 11.1 Å². The molecule has 0 aliphatic carbocycles. The Morgan fingerprint density at radius 2 is 2.05 bits per heavy atom. The average molecular weight is 302 g/mol. The molecule has 1 aromatic rings. The maximum atomic E-state index is 13.0. The molecule has 1 unspecified atom stereocenters. The van der Waals surface area contributed by atoms with E-state index >= 15 is 0 Å². The number of thioether (sulfide) groups is 1. The summed E-state index contributed by atoms with van der Waals surface area (Å²) in [5.41, 5.74) is 5.22. The van der Waals surface area contributed by atoms with Crippen LogP contribution in [0.15, 0.2) is 23.1 Å². The number of nitrogens with one attached hydrogen (secondary N) is 1. The number of halogens is 2. The van der Waals surface area contributed by atoms with Crippen molar-refractivity contribution >= 4 is 17.7 Å². The second-order valence-corrected chi connectivity index (χ2v) is 6.24. The molecule has 0 bridgehead atoms. The van der Waals surface area contributed by atoms with Crippen molar-refractivity contribution < 1.29 is 13.6 Å². The van der Waals surface area contributed by atoms with Gasteiger partial charge >= 0.3 is 0 Å². The van der Waals surface area contributed by atoms with Gasteiger partial charge in [0.25, 0.3) is 0 Å². The summed E-state index contributed by atoms with van der Waals surface area (Å²) in [6.07, 6.45) is 0. The van der Waals surface area contributed by atoms with Crippen LogP contribution in [0.3, 0.4) is 0 Å². The Morgan fingerprint density at radius 1 is 1.40 bits per heavy atom. The number of rotatable bonds is 6. The average Bonchev–Trinajstić information content (AvgIpc) is 2.39. The molecule has 3 N–H and O–H groups in total. The lowest BCUT2D eigenvalue weighted by Gasteiger charge is -2.33. The molecule has 1 atom stereocenters. The minimum Gasteiger partial charge on any atom is -0.349 e. The molecule has 0 aromatic heterocycles. The maximum absolute atomic E-state index is 13.0. The second-order valence-electron chi connectivity index (χ2n) is 5.19. The first-order valence-corrected chi connectivity index (χ1v) is 7.36. The van der Waals surface area contributed by atoms with Gasteiger partial charge in [0.2, 0.25) is 5.91 Å². The molecular weight excluding hydrogens is 282 g/mol. The molecule has 1 amide bonds. The van der Waals surface area contributed by atoms with Crippen LogP contribution in [0.2, 0.25) is 0 Å². The summed E-state index contributed by atoms with van der Waals surface area (Å²) in [5, 5.41) is 2.89. The van der Waals surface area contributed by atoms with E-state index in [0.717, 1.165) is 23.9 Å². The van der Waals surface area contributed by atoms with E-state index in [0.29, 0.717) is 11.4 Å². The van der Waals surface area contributed by atoms with Crippen molar-refractivity contribution in [1.29, 1.82) is 0 Å². The zero-order valence-corrected chi connectivity index (χ0v) is 12.7. The van der Waals surface area contributed by atoms with Crippen LogP contribution in [-0.4, -0.2) is 23.7 Å². The fourth-order valence-electron chi connectivity index (χ4n) is 1.50. The quantitative estimate of drug-likeness (QED) is 0.794. The van der Waals surface area contributed by atoms with Crippen LogP contribution in [0, 0.1) is 17.6 Å². The Morgan fingerprint density at radius 3 is 2.55 bits per heavy atom. The van der Waals surface area contributed by atoms with Crippen LogP contribution >= 0.6 is 11.8 Å². The molecule has 0 aliphatic heterocycles. The van der Waals surface area contributed by atoms with Crippen LogP contribution in [0.4, 0.5) is 8.78 Å². The number of hydrogen-bond donors (Lipinski definition) is 2. The normalized spacial score (nSPS) is 14.2. The summed E-state index contributed by atoms with van der Waals surface area (Å²) < 4.78 is 25.8. The van der Waals surface area contributed by atoms with E-state index in [1.807, 2.05) is 20.8 Å². The molecule has 0 saturated carbocycles. The molecule has 0 saturated heterocycles. The van der Waals surface area contributed by atoms with Gasteiger partial charge in [-0.15, -0.1) is 11.8 Å². The molecule has 6 heteroatoms. The topological polar surface area (TPSA) is 55.1 Å². The standard InChI is InChI=1S/C14H20F2N2OS/c1-9(2)14(3,8-17)18-13(19)7-20-10-4-5-11(15)12(16)6-10/h4-6,9H,7-8,17H2,1-3H3,(H,18,19). The van der Waals surface area contributed by atoms with Crippen molar-refractivity contribution in [3.63, 3.8) is 0 Å². The van der Waals surface area contributed by atoms with Gasteiger partial charge in [-0.05, 0) is 31.0 Å². The highest BCUT2D eigenvalue weighted by Gasteiger charge is 2.28. The fourth-order valence-corrected chi connectivity index (χ4v) is 2.22. The van der Waals surface area contributed by atoms with Gasteiger partial charge in [-0.25, -0.2) is 8.78 Å². The Labute approximate surface area is 122 Å². The molecule has 112 valence electrons. The summed E-state index contributed by atoms with van der Waals surface area (Å²) in [7, 11) is 0. The lowest BCUT2D eigenvalue weighted by molar-refractivity contribution is -0.120. The molecule has 0 heterocycles. The van der Waals surface area contributed by atoms with Gasteiger partial charge in [0.1, 0.15) is 0 Å². The van der Waals surface area contributed by atoms with E-state index in [4.69, 9.17) is 5.73 Å². The van der Waals surface area contributed by atoms with Crippen LogP contribution in [0.1, 0.15) is 20.8 Å². The van der Waals surface area contributed by atoms with Crippen molar-refractivity contribution in [3.05, 3.63) is 29.8 Å². The molecule has 0 spiro atoms. The number of amides is 1. The first kappa shape index (κ1) is 16.9. The molecule has 0 aliphatic rings. The molecule has 0 radical (unpaired) electrons. The van der Waals surface area contributed by atoms with E-state index < -0.39 is 17.2 Å². The third kappa shape index (κ3) is 4.45.